The predicted molar refractivity (Wildman–Crippen MR) is 96.6 cm³/mol. The number of rotatable bonds is 7. The van der Waals surface area contributed by atoms with Gasteiger partial charge in [0, 0.05) is 47.9 Å². The molecule has 1 fully saturated rings. The third kappa shape index (κ3) is 4.44. The second kappa shape index (κ2) is 8.19. The summed E-state index contributed by atoms with van der Waals surface area (Å²) >= 11 is 0. The van der Waals surface area contributed by atoms with Crippen LogP contribution in [0.3, 0.4) is 0 Å². The maximum Gasteiger partial charge on any atom is 0.325 e. The molecule has 0 unspecified atom stereocenters. The third-order valence-corrected chi connectivity index (χ3v) is 4.50. The summed E-state index contributed by atoms with van der Waals surface area (Å²) in [4.78, 5) is 39.3. The van der Waals surface area contributed by atoms with Gasteiger partial charge in [-0.2, -0.15) is 0 Å². The van der Waals surface area contributed by atoms with Crippen LogP contribution in [0.25, 0.3) is 10.9 Å². The number of carbonyl (C=O) groups is 3. The number of anilines is 1. The number of benzene rings is 1. The van der Waals surface area contributed by atoms with Gasteiger partial charge >= 0.3 is 11.9 Å². The fourth-order valence-electron chi connectivity index (χ4n) is 3.21. The van der Waals surface area contributed by atoms with E-state index in [4.69, 9.17) is 9.84 Å². The van der Waals surface area contributed by atoms with E-state index in [2.05, 4.69) is 10.3 Å². The Morgan fingerprint density at radius 3 is 2.59 bits per heavy atom. The van der Waals surface area contributed by atoms with Crippen molar-refractivity contribution in [2.45, 2.75) is 18.9 Å². The van der Waals surface area contributed by atoms with Crippen LogP contribution in [0, 0.1) is 0 Å². The van der Waals surface area contributed by atoms with E-state index in [1.165, 1.54) is 0 Å². The molecule has 1 aliphatic heterocycles. The number of H-pyrrole nitrogens is 1. The molecule has 144 valence electrons. The molecule has 4 N–H and O–H groups in total. The summed E-state index contributed by atoms with van der Waals surface area (Å²) in [5.74, 6) is -2.39. The van der Waals surface area contributed by atoms with Crippen molar-refractivity contribution >= 4 is 34.4 Å². The smallest absolute Gasteiger partial charge is 0.325 e. The van der Waals surface area contributed by atoms with E-state index in [1.54, 1.807) is 24.4 Å². The summed E-state index contributed by atoms with van der Waals surface area (Å²) in [7, 11) is 0. The number of amides is 1. The third-order valence-electron chi connectivity index (χ3n) is 4.50. The van der Waals surface area contributed by atoms with Crippen molar-refractivity contribution in [2.75, 3.05) is 31.6 Å². The van der Waals surface area contributed by atoms with Crippen molar-refractivity contribution < 1.29 is 29.3 Å². The number of morpholine rings is 1. The van der Waals surface area contributed by atoms with Gasteiger partial charge in [-0.3, -0.25) is 19.3 Å². The van der Waals surface area contributed by atoms with Crippen LogP contribution in [0.15, 0.2) is 24.4 Å². The van der Waals surface area contributed by atoms with Crippen LogP contribution in [0.2, 0.25) is 0 Å². The first-order valence-electron chi connectivity index (χ1n) is 8.63. The van der Waals surface area contributed by atoms with Crippen molar-refractivity contribution in [3.8, 4) is 0 Å². The number of aromatic amines is 1. The molecule has 1 amide bonds. The van der Waals surface area contributed by atoms with Crippen molar-refractivity contribution in [3.05, 3.63) is 30.0 Å². The topological polar surface area (TPSA) is 132 Å². The lowest BCUT2D eigenvalue weighted by atomic mass is 10.0. The highest BCUT2D eigenvalue weighted by Crippen LogP contribution is 2.31. The molecule has 3 rings (SSSR count). The number of aliphatic carboxylic acids is 2. The lowest BCUT2D eigenvalue weighted by Crippen LogP contribution is -2.42. The van der Waals surface area contributed by atoms with E-state index < -0.39 is 23.9 Å². The lowest BCUT2D eigenvalue weighted by Gasteiger charge is -2.31. The maximum atomic E-state index is 11.9. The number of carboxylic acids is 2. The molecule has 1 atom stereocenters. The molecule has 0 saturated carbocycles. The van der Waals surface area contributed by atoms with Crippen molar-refractivity contribution in [1.82, 2.24) is 9.88 Å². The maximum absolute atomic E-state index is 11.9. The first kappa shape index (κ1) is 18.9. The second-order valence-electron chi connectivity index (χ2n) is 6.34. The first-order valence-corrected chi connectivity index (χ1v) is 8.63. The van der Waals surface area contributed by atoms with Gasteiger partial charge in [0.2, 0.25) is 5.91 Å². The molecule has 0 radical (unpaired) electrons. The molecule has 1 saturated heterocycles. The summed E-state index contributed by atoms with van der Waals surface area (Å²) in [5, 5.41) is 21.8. The highest BCUT2D eigenvalue weighted by atomic mass is 16.5. The van der Waals surface area contributed by atoms with Gasteiger partial charge in [-0.15, -0.1) is 0 Å². The summed E-state index contributed by atoms with van der Waals surface area (Å²) in [5.41, 5.74) is 1.86. The molecular formula is C18H21N3O6. The monoisotopic (exact) mass is 375 g/mol. The predicted octanol–water partition coefficient (Wildman–Crippen LogP) is 1.43. The zero-order valence-electron chi connectivity index (χ0n) is 14.6. The van der Waals surface area contributed by atoms with Gasteiger partial charge in [0.25, 0.3) is 0 Å². The Kier molecular flexibility index (Phi) is 5.72. The minimum Gasteiger partial charge on any atom is -0.481 e. The lowest BCUT2D eigenvalue weighted by molar-refractivity contribution is -0.145. The van der Waals surface area contributed by atoms with Gasteiger partial charge in [0.05, 0.1) is 19.6 Å². The van der Waals surface area contributed by atoms with E-state index in [0.29, 0.717) is 42.9 Å². The Hall–Kier alpha value is -2.91. The highest BCUT2D eigenvalue weighted by molar-refractivity contribution is 5.96. The molecule has 1 aromatic carbocycles. The van der Waals surface area contributed by atoms with Crippen LogP contribution in [0.1, 0.15) is 24.4 Å². The second-order valence-corrected chi connectivity index (χ2v) is 6.34. The number of nitrogens with one attached hydrogen (secondary N) is 2. The Labute approximate surface area is 154 Å². The van der Waals surface area contributed by atoms with E-state index in [1.807, 2.05) is 4.90 Å². The van der Waals surface area contributed by atoms with Crippen molar-refractivity contribution in [3.63, 3.8) is 0 Å². The van der Waals surface area contributed by atoms with E-state index in [9.17, 15) is 19.5 Å². The Balaban J connectivity index is 1.86. The molecule has 0 aliphatic carbocycles. The normalized spacial score (nSPS) is 16.1. The van der Waals surface area contributed by atoms with Crippen molar-refractivity contribution in [1.29, 1.82) is 0 Å². The van der Waals surface area contributed by atoms with E-state index >= 15 is 0 Å². The van der Waals surface area contributed by atoms with Gasteiger partial charge in [-0.05, 0) is 18.2 Å². The zero-order valence-corrected chi connectivity index (χ0v) is 14.6. The van der Waals surface area contributed by atoms with Crippen LogP contribution in [-0.4, -0.2) is 64.2 Å². The first-order chi connectivity index (χ1) is 13.0. The van der Waals surface area contributed by atoms with E-state index in [-0.39, 0.29) is 12.8 Å². The van der Waals surface area contributed by atoms with Crippen LogP contribution in [-0.2, 0) is 19.1 Å². The van der Waals surface area contributed by atoms with Gasteiger partial charge in [0.15, 0.2) is 0 Å². The minimum absolute atomic E-state index is 0.126. The Morgan fingerprint density at radius 1 is 1.19 bits per heavy atom. The summed E-state index contributed by atoms with van der Waals surface area (Å²) in [6.07, 6.45) is 1.30. The van der Waals surface area contributed by atoms with E-state index in [0.717, 1.165) is 5.52 Å². The van der Waals surface area contributed by atoms with Gasteiger partial charge in [0.1, 0.15) is 6.04 Å². The summed E-state index contributed by atoms with van der Waals surface area (Å²) in [6, 6.07) is 4.33. The SMILES string of the molecule is O=C(O)CCC(=O)Nc1ccc2[nH]cc([C@H](C(=O)O)N3CCOCC3)c2c1. The molecule has 2 aromatic rings. The highest BCUT2D eigenvalue weighted by Gasteiger charge is 2.30. The van der Waals surface area contributed by atoms with Crippen molar-refractivity contribution in [2.24, 2.45) is 0 Å². The molecule has 1 aliphatic rings. The zero-order chi connectivity index (χ0) is 19.4. The molecule has 9 heteroatoms. The summed E-state index contributed by atoms with van der Waals surface area (Å²) < 4.78 is 5.31. The standard InChI is InChI=1S/C18H21N3O6/c22-15(3-4-16(23)24)20-11-1-2-14-12(9-11)13(10-19-14)17(18(25)26)21-5-7-27-8-6-21/h1-2,9-10,17,19H,3-8H2,(H,20,22)(H,23,24)(H,25,26)/t17-/m1/s1. The number of carbonyl (C=O) groups excluding carboxylic acids is 1. The van der Waals surface area contributed by atoms with Gasteiger partial charge in [-0.25, -0.2) is 0 Å². The van der Waals surface area contributed by atoms with Crippen LogP contribution in [0.5, 0.6) is 0 Å². The number of hydrogen-bond donors (Lipinski definition) is 4. The molecule has 0 spiro atoms. The number of fused-ring (bicyclic) bond motifs is 1. The van der Waals surface area contributed by atoms with Gasteiger partial charge in [-0.1, -0.05) is 0 Å². The average Bonchev–Trinajstić information content (AvgIpc) is 3.04. The Morgan fingerprint density at radius 2 is 1.93 bits per heavy atom. The van der Waals surface area contributed by atoms with Crippen LogP contribution < -0.4 is 5.32 Å². The molecular weight excluding hydrogens is 354 g/mol. The number of aromatic nitrogens is 1. The Bertz CT molecular complexity index is 856. The number of nitrogens with zero attached hydrogens (tertiary/aromatic N) is 1. The quantitative estimate of drug-likeness (QED) is 0.575. The number of carboxylic acid groups (broad SMARTS) is 2. The average molecular weight is 375 g/mol. The van der Waals surface area contributed by atoms with Crippen LogP contribution in [0.4, 0.5) is 5.69 Å². The van der Waals surface area contributed by atoms with Crippen LogP contribution >= 0.6 is 0 Å². The molecule has 2 heterocycles. The summed E-state index contributed by atoms with van der Waals surface area (Å²) in [6.45, 7) is 2.01. The number of ether oxygens (including phenoxy) is 1. The molecule has 9 nitrogen and oxygen atoms in total. The fraction of sp³-hybridized carbons (Fsp3) is 0.389. The fourth-order valence-corrected chi connectivity index (χ4v) is 3.21. The minimum atomic E-state index is -1.04. The molecule has 0 bridgehead atoms. The largest absolute Gasteiger partial charge is 0.481 e. The molecule has 1 aromatic heterocycles. The molecule has 27 heavy (non-hydrogen) atoms. The number of hydrogen-bond acceptors (Lipinski definition) is 5. The van der Waals surface area contributed by atoms with Gasteiger partial charge < -0.3 is 25.3 Å².